The molecule has 4 heteroatoms. The van der Waals surface area contributed by atoms with Crippen LogP contribution in [0.5, 0.6) is 0 Å². The van der Waals surface area contributed by atoms with E-state index in [1.54, 1.807) is 0 Å². The molecule has 0 spiro atoms. The molecule has 0 aromatic rings. The summed E-state index contributed by atoms with van der Waals surface area (Å²) in [6, 6.07) is 0.158. The lowest BCUT2D eigenvalue weighted by molar-refractivity contribution is 0.0437. The van der Waals surface area contributed by atoms with E-state index in [9.17, 15) is 4.79 Å². The highest BCUT2D eigenvalue weighted by Gasteiger charge is 2.27. The largest absolute Gasteiger partial charge is 0.446 e. The highest BCUT2D eigenvalue weighted by Crippen LogP contribution is 2.25. The summed E-state index contributed by atoms with van der Waals surface area (Å²) in [5.74, 6) is 0.386. The van der Waals surface area contributed by atoms with Crippen LogP contribution in [0.4, 0.5) is 4.79 Å². The number of carbonyl (C=O) groups excluding carboxylic acids is 1. The van der Waals surface area contributed by atoms with Gasteiger partial charge in [-0.2, -0.15) is 0 Å². The smallest absolute Gasteiger partial charge is 0.404 e. The molecule has 1 rings (SSSR count). The number of amides is 1. The first-order valence-corrected chi connectivity index (χ1v) is 4.31. The van der Waals surface area contributed by atoms with Gasteiger partial charge in [-0.25, -0.2) is 4.79 Å². The zero-order valence-electron chi connectivity index (χ0n) is 7.32. The molecule has 0 saturated heterocycles. The summed E-state index contributed by atoms with van der Waals surface area (Å²) in [6.45, 7) is 2.06. The van der Waals surface area contributed by atoms with Crippen molar-refractivity contribution in [2.45, 2.75) is 38.3 Å². The Balaban J connectivity index is 2.43. The Morgan fingerprint density at radius 3 is 2.75 bits per heavy atom. The van der Waals surface area contributed by atoms with Gasteiger partial charge in [0.25, 0.3) is 0 Å². The molecule has 12 heavy (non-hydrogen) atoms. The maximum absolute atomic E-state index is 10.5. The SMILES string of the molecule is CC1CCC(N)CC1OC(N)=O. The second kappa shape index (κ2) is 3.76. The van der Waals surface area contributed by atoms with Gasteiger partial charge in [-0.15, -0.1) is 0 Å². The highest BCUT2D eigenvalue weighted by molar-refractivity contribution is 5.64. The molecule has 70 valence electrons. The third-order valence-electron chi connectivity index (χ3n) is 2.43. The summed E-state index contributed by atoms with van der Waals surface area (Å²) in [6.07, 6.45) is 2.00. The molecule has 1 saturated carbocycles. The van der Waals surface area contributed by atoms with Crippen molar-refractivity contribution in [3.05, 3.63) is 0 Å². The lowest BCUT2D eigenvalue weighted by atomic mass is 9.85. The predicted molar refractivity (Wildman–Crippen MR) is 45.4 cm³/mol. The van der Waals surface area contributed by atoms with E-state index in [-0.39, 0.29) is 12.1 Å². The van der Waals surface area contributed by atoms with E-state index in [1.807, 2.05) is 0 Å². The van der Waals surface area contributed by atoms with Gasteiger partial charge in [0.05, 0.1) is 0 Å². The minimum absolute atomic E-state index is 0.0775. The number of hydrogen-bond donors (Lipinski definition) is 2. The van der Waals surface area contributed by atoms with Gasteiger partial charge in [-0.3, -0.25) is 0 Å². The molecule has 1 amide bonds. The fourth-order valence-electron chi connectivity index (χ4n) is 1.62. The van der Waals surface area contributed by atoms with E-state index in [0.717, 1.165) is 19.3 Å². The standard InChI is InChI=1S/C8H16N2O2/c1-5-2-3-6(9)4-7(5)12-8(10)11/h5-7H,2-4,9H2,1H3,(H2,10,11). The molecular formula is C8H16N2O2. The minimum atomic E-state index is -0.694. The first-order valence-electron chi connectivity index (χ1n) is 4.31. The maximum Gasteiger partial charge on any atom is 0.404 e. The molecule has 0 radical (unpaired) electrons. The molecule has 4 N–H and O–H groups in total. The van der Waals surface area contributed by atoms with Gasteiger partial charge in [-0.1, -0.05) is 6.92 Å². The molecule has 3 unspecified atom stereocenters. The summed E-state index contributed by atoms with van der Waals surface area (Å²) in [5, 5.41) is 0. The lowest BCUT2D eigenvalue weighted by Crippen LogP contribution is -2.39. The Kier molecular flexibility index (Phi) is 2.92. The van der Waals surface area contributed by atoms with E-state index < -0.39 is 6.09 Å². The predicted octanol–water partition coefficient (Wildman–Crippen LogP) is 0.598. The van der Waals surface area contributed by atoms with Crippen LogP contribution in [0.3, 0.4) is 0 Å². The van der Waals surface area contributed by atoms with E-state index in [2.05, 4.69) is 6.92 Å². The van der Waals surface area contributed by atoms with Crippen LogP contribution in [-0.2, 0) is 4.74 Å². The molecule has 3 atom stereocenters. The number of hydrogen-bond acceptors (Lipinski definition) is 3. The number of rotatable bonds is 1. The minimum Gasteiger partial charge on any atom is -0.446 e. The number of nitrogens with two attached hydrogens (primary N) is 2. The summed E-state index contributed by atoms with van der Waals surface area (Å²) in [5.41, 5.74) is 10.7. The molecule has 1 fully saturated rings. The Labute approximate surface area is 72.2 Å². The number of carbonyl (C=O) groups is 1. The second-order valence-corrected chi connectivity index (χ2v) is 3.53. The average Bonchev–Trinajstić information content (AvgIpc) is 1.96. The zero-order valence-corrected chi connectivity index (χ0v) is 7.32. The highest BCUT2D eigenvalue weighted by atomic mass is 16.6. The van der Waals surface area contributed by atoms with Crippen molar-refractivity contribution in [1.29, 1.82) is 0 Å². The van der Waals surface area contributed by atoms with Crippen LogP contribution in [-0.4, -0.2) is 18.2 Å². The fourth-order valence-corrected chi connectivity index (χ4v) is 1.62. The Morgan fingerprint density at radius 2 is 2.17 bits per heavy atom. The van der Waals surface area contributed by atoms with Gasteiger partial charge in [0.15, 0.2) is 0 Å². The normalized spacial score (nSPS) is 36.0. The van der Waals surface area contributed by atoms with E-state index in [1.165, 1.54) is 0 Å². The molecule has 0 aliphatic heterocycles. The first-order chi connectivity index (χ1) is 5.59. The van der Waals surface area contributed by atoms with Crippen LogP contribution in [0, 0.1) is 5.92 Å². The third-order valence-corrected chi connectivity index (χ3v) is 2.43. The van der Waals surface area contributed by atoms with Crippen LogP contribution in [0.15, 0.2) is 0 Å². The van der Waals surface area contributed by atoms with Crippen molar-refractivity contribution in [2.24, 2.45) is 17.4 Å². The van der Waals surface area contributed by atoms with Gasteiger partial charge in [-0.05, 0) is 25.2 Å². The molecule has 0 aromatic carbocycles. The molecule has 4 nitrogen and oxygen atoms in total. The third kappa shape index (κ3) is 2.37. The molecule has 0 heterocycles. The van der Waals surface area contributed by atoms with Gasteiger partial charge in [0.1, 0.15) is 6.10 Å². The van der Waals surface area contributed by atoms with Crippen LogP contribution >= 0.6 is 0 Å². The zero-order chi connectivity index (χ0) is 9.14. The van der Waals surface area contributed by atoms with E-state index in [4.69, 9.17) is 16.2 Å². The number of ether oxygens (including phenoxy) is 1. The van der Waals surface area contributed by atoms with Crippen LogP contribution in [0.25, 0.3) is 0 Å². The summed E-state index contributed by atoms with van der Waals surface area (Å²) in [7, 11) is 0. The topological polar surface area (TPSA) is 78.3 Å². The summed E-state index contributed by atoms with van der Waals surface area (Å²) in [4.78, 5) is 10.5. The Morgan fingerprint density at radius 1 is 1.50 bits per heavy atom. The quantitative estimate of drug-likeness (QED) is 0.607. The van der Waals surface area contributed by atoms with Gasteiger partial charge in [0, 0.05) is 6.04 Å². The van der Waals surface area contributed by atoms with Crippen molar-refractivity contribution < 1.29 is 9.53 Å². The Bertz CT molecular complexity index is 172. The monoisotopic (exact) mass is 172 g/mol. The lowest BCUT2D eigenvalue weighted by Gasteiger charge is -2.31. The van der Waals surface area contributed by atoms with Gasteiger partial charge in [0.2, 0.25) is 0 Å². The fraction of sp³-hybridized carbons (Fsp3) is 0.875. The molecule has 0 aromatic heterocycles. The number of primary amides is 1. The molecule has 1 aliphatic rings. The van der Waals surface area contributed by atoms with Crippen molar-refractivity contribution in [3.63, 3.8) is 0 Å². The maximum atomic E-state index is 10.5. The van der Waals surface area contributed by atoms with Crippen molar-refractivity contribution in [3.8, 4) is 0 Å². The van der Waals surface area contributed by atoms with E-state index >= 15 is 0 Å². The average molecular weight is 172 g/mol. The van der Waals surface area contributed by atoms with E-state index in [0.29, 0.717) is 5.92 Å². The van der Waals surface area contributed by atoms with Crippen LogP contribution in [0.1, 0.15) is 26.2 Å². The van der Waals surface area contributed by atoms with Crippen molar-refractivity contribution in [2.75, 3.05) is 0 Å². The first kappa shape index (κ1) is 9.32. The Hall–Kier alpha value is -0.770. The van der Waals surface area contributed by atoms with Crippen molar-refractivity contribution >= 4 is 6.09 Å². The summed E-state index contributed by atoms with van der Waals surface area (Å²) >= 11 is 0. The van der Waals surface area contributed by atoms with Crippen LogP contribution < -0.4 is 11.5 Å². The summed E-state index contributed by atoms with van der Waals surface area (Å²) < 4.78 is 4.93. The molecule has 0 bridgehead atoms. The van der Waals surface area contributed by atoms with Gasteiger partial charge >= 0.3 is 6.09 Å². The molecule has 1 aliphatic carbocycles. The molecular weight excluding hydrogens is 156 g/mol. The second-order valence-electron chi connectivity index (χ2n) is 3.53. The van der Waals surface area contributed by atoms with Crippen LogP contribution in [0.2, 0.25) is 0 Å². The van der Waals surface area contributed by atoms with Gasteiger partial charge < -0.3 is 16.2 Å². The van der Waals surface area contributed by atoms with Crippen molar-refractivity contribution in [1.82, 2.24) is 0 Å².